The average molecular weight is 380 g/mol. The van der Waals surface area contributed by atoms with Gasteiger partial charge in [-0.15, -0.1) is 0 Å². The predicted octanol–water partition coefficient (Wildman–Crippen LogP) is 4.10. The molecule has 2 amide bonds. The normalized spacial score (nSPS) is 20.0. The second-order valence-electron chi connectivity index (χ2n) is 6.83. The number of nitrogens with zero attached hydrogens (tertiary/aromatic N) is 2. The number of anilines is 1. The second-order valence-corrected chi connectivity index (χ2v) is 7.69. The molecule has 1 aromatic carbocycles. The van der Waals surface area contributed by atoms with E-state index in [0.29, 0.717) is 0 Å². The fourth-order valence-electron chi connectivity index (χ4n) is 3.57. The molecular formula is C18H26BrN3O. The molecule has 23 heavy (non-hydrogen) atoms. The molecule has 0 radical (unpaired) electrons. The van der Waals surface area contributed by atoms with Crippen molar-refractivity contribution in [2.24, 2.45) is 5.92 Å². The summed E-state index contributed by atoms with van der Waals surface area (Å²) in [5.41, 5.74) is 2.00. The van der Waals surface area contributed by atoms with E-state index in [1.54, 1.807) is 0 Å². The standard InChI is InChI=1S/C18H26BrN3O/c1-14-12-16(4-5-17(14)19)20-18(23)22-10-6-15(7-11-22)13-21-8-2-3-9-21/h4-5,12,15H,2-3,6-11,13H2,1H3,(H,20,23). The first-order chi connectivity index (χ1) is 11.1. The van der Waals surface area contributed by atoms with E-state index in [2.05, 4.69) is 26.1 Å². The van der Waals surface area contributed by atoms with E-state index in [1.807, 2.05) is 30.0 Å². The smallest absolute Gasteiger partial charge is 0.321 e. The van der Waals surface area contributed by atoms with Crippen molar-refractivity contribution in [3.63, 3.8) is 0 Å². The minimum atomic E-state index is 0.0337. The number of amides is 2. The molecule has 2 aliphatic heterocycles. The fraction of sp³-hybridized carbons (Fsp3) is 0.611. The SMILES string of the molecule is Cc1cc(NC(=O)N2CCC(CN3CCCC3)CC2)ccc1Br. The van der Waals surface area contributed by atoms with Gasteiger partial charge in [0.15, 0.2) is 0 Å². The lowest BCUT2D eigenvalue weighted by Crippen LogP contribution is -2.43. The lowest BCUT2D eigenvalue weighted by molar-refractivity contribution is 0.163. The number of halogens is 1. The molecule has 3 rings (SSSR count). The molecule has 5 heteroatoms. The first-order valence-corrected chi connectivity index (χ1v) is 9.45. The molecule has 2 heterocycles. The van der Waals surface area contributed by atoms with E-state index in [1.165, 1.54) is 32.5 Å². The van der Waals surface area contributed by atoms with Crippen LogP contribution < -0.4 is 5.32 Å². The maximum absolute atomic E-state index is 12.4. The summed E-state index contributed by atoms with van der Waals surface area (Å²) < 4.78 is 1.07. The van der Waals surface area contributed by atoms with Crippen LogP contribution >= 0.6 is 15.9 Å². The summed E-state index contributed by atoms with van der Waals surface area (Å²) in [6.45, 7) is 7.54. The zero-order valence-electron chi connectivity index (χ0n) is 13.9. The highest BCUT2D eigenvalue weighted by atomic mass is 79.9. The molecule has 1 N–H and O–H groups in total. The van der Waals surface area contributed by atoms with Gasteiger partial charge < -0.3 is 15.1 Å². The highest BCUT2D eigenvalue weighted by Crippen LogP contribution is 2.23. The predicted molar refractivity (Wildman–Crippen MR) is 97.9 cm³/mol. The van der Waals surface area contributed by atoms with Crippen LogP contribution in [0, 0.1) is 12.8 Å². The third-order valence-electron chi connectivity index (χ3n) is 5.03. The van der Waals surface area contributed by atoms with Gasteiger partial charge in [0.25, 0.3) is 0 Å². The van der Waals surface area contributed by atoms with Crippen molar-refractivity contribution < 1.29 is 4.79 Å². The van der Waals surface area contributed by atoms with Gasteiger partial charge in [-0.1, -0.05) is 15.9 Å². The summed E-state index contributed by atoms with van der Waals surface area (Å²) in [6, 6.07) is 5.95. The van der Waals surface area contributed by atoms with Crippen LogP contribution in [0.15, 0.2) is 22.7 Å². The Balaban J connectivity index is 1.46. The van der Waals surface area contributed by atoms with Crippen molar-refractivity contribution in [1.82, 2.24) is 9.80 Å². The van der Waals surface area contributed by atoms with Crippen LogP contribution in [0.3, 0.4) is 0 Å². The number of rotatable bonds is 3. The minimum Gasteiger partial charge on any atom is -0.325 e. The van der Waals surface area contributed by atoms with E-state index >= 15 is 0 Å². The largest absolute Gasteiger partial charge is 0.325 e. The van der Waals surface area contributed by atoms with Crippen LogP contribution in [-0.2, 0) is 0 Å². The monoisotopic (exact) mass is 379 g/mol. The van der Waals surface area contributed by atoms with Crippen molar-refractivity contribution in [2.75, 3.05) is 38.0 Å². The Morgan fingerprint density at radius 2 is 1.91 bits per heavy atom. The van der Waals surface area contributed by atoms with Gasteiger partial charge >= 0.3 is 6.03 Å². The van der Waals surface area contributed by atoms with E-state index in [9.17, 15) is 4.79 Å². The number of urea groups is 1. The Labute approximate surface area is 147 Å². The molecule has 1 aromatic rings. The van der Waals surface area contributed by atoms with E-state index in [-0.39, 0.29) is 6.03 Å². The highest BCUT2D eigenvalue weighted by molar-refractivity contribution is 9.10. The summed E-state index contributed by atoms with van der Waals surface area (Å²) in [5.74, 6) is 0.757. The third-order valence-corrected chi connectivity index (χ3v) is 5.92. The Hall–Kier alpha value is -1.07. The zero-order chi connectivity index (χ0) is 16.2. The molecule has 126 valence electrons. The Morgan fingerprint density at radius 1 is 1.22 bits per heavy atom. The Morgan fingerprint density at radius 3 is 2.57 bits per heavy atom. The average Bonchev–Trinajstić information content (AvgIpc) is 3.04. The van der Waals surface area contributed by atoms with Gasteiger partial charge in [0.1, 0.15) is 0 Å². The van der Waals surface area contributed by atoms with Crippen LogP contribution in [-0.4, -0.2) is 48.6 Å². The van der Waals surface area contributed by atoms with Crippen molar-refractivity contribution in [1.29, 1.82) is 0 Å². The van der Waals surface area contributed by atoms with Gasteiger partial charge in [-0.25, -0.2) is 4.79 Å². The van der Waals surface area contributed by atoms with E-state index in [0.717, 1.165) is 47.6 Å². The maximum Gasteiger partial charge on any atom is 0.321 e. The Bertz CT molecular complexity index is 549. The van der Waals surface area contributed by atoms with E-state index < -0.39 is 0 Å². The molecule has 0 unspecified atom stereocenters. The summed E-state index contributed by atoms with van der Waals surface area (Å²) in [4.78, 5) is 17.0. The number of hydrogen-bond donors (Lipinski definition) is 1. The number of benzene rings is 1. The van der Waals surface area contributed by atoms with Gasteiger partial charge in [0.05, 0.1) is 0 Å². The number of aryl methyl sites for hydroxylation is 1. The van der Waals surface area contributed by atoms with E-state index in [4.69, 9.17) is 0 Å². The van der Waals surface area contributed by atoms with Crippen LogP contribution in [0.1, 0.15) is 31.2 Å². The van der Waals surface area contributed by atoms with Gasteiger partial charge in [0.2, 0.25) is 0 Å². The molecule has 0 spiro atoms. The molecular weight excluding hydrogens is 354 g/mol. The molecule has 0 aromatic heterocycles. The van der Waals surface area contributed by atoms with Crippen LogP contribution in [0.25, 0.3) is 0 Å². The maximum atomic E-state index is 12.4. The summed E-state index contributed by atoms with van der Waals surface area (Å²) in [6.07, 6.45) is 4.97. The molecule has 0 aliphatic carbocycles. The van der Waals surface area contributed by atoms with Crippen molar-refractivity contribution in [2.45, 2.75) is 32.6 Å². The molecule has 0 bridgehead atoms. The highest BCUT2D eigenvalue weighted by Gasteiger charge is 2.25. The van der Waals surface area contributed by atoms with Gasteiger partial charge in [-0.05, 0) is 75.4 Å². The number of nitrogens with one attached hydrogen (secondary N) is 1. The number of carbonyl (C=O) groups is 1. The molecule has 0 saturated carbocycles. The fourth-order valence-corrected chi connectivity index (χ4v) is 3.82. The molecule has 0 atom stereocenters. The van der Waals surface area contributed by atoms with Crippen LogP contribution in [0.4, 0.5) is 10.5 Å². The van der Waals surface area contributed by atoms with Crippen molar-refractivity contribution in [3.8, 4) is 0 Å². The first-order valence-electron chi connectivity index (χ1n) is 8.66. The summed E-state index contributed by atoms with van der Waals surface area (Å²) in [7, 11) is 0. The molecule has 2 aliphatic rings. The Kier molecular flexibility index (Phi) is 5.59. The van der Waals surface area contributed by atoms with Gasteiger partial charge in [0, 0.05) is 29.8 Å². The third kappa shape index (κ3) is 4.48. The summed E-state index contributed by atoms with van der Waals surface area (Å²) >= 11 is 3.49. The minimum absolute atomic E-state index is 0.0337. The van der Waals surface area contributed by atoms with Crippen molar-refractivity contribution in [3.05, 3.63) is 28.2 Å². The molecule has 2 saturated heterocycles. The lowest BCUT2D eigenvalue weighted by Gasteiger charge is -2.33. The topological polar surface area (TPSA) is 35.6 Å². The van der Waals surface area contributed by atoms with Gasteiger partial charge in [-0.2, -0.15) is 0 Å². The van der Waals surface area contributed by atoms with Gasteiger partial charge in [-0.3, -0.25) is 0 Å². The number of piperidine rings is 1. The number of carbonyl (C=O) groups excluding carboxylic acids is 1. The van der Waals surface area contributed by atoms with Crippen molar-refractivity contribution >= 4 is 27.6 Å². The summed E-state index contributed by atoms with van der Waals surface area (Å²) in [5, 5.41) is 3.02. The zero-order valence-corrected chi connectivity index (χ0v) is 15.4. The van der Waals surface area contributed by atoms with Crippen LogP contribution in [0.2, 0.25) is 0 Å². The molecule has 4 nitrogen and oxygen atoms in total. The lowest BCUT2D eigenvalue weighted by atomic mass is 9.96. The number of likely N-dealkylation sites (tertiary alicyclic amines) is 2. The molecule has 2 fully saturated rings. The van der Waals surface area contributed by atoms with Crippen LogP contribution in [0.5, 0.6) is 0 Å². The first kappa shape index (κ1) is 16.8. The number of hydrogen-bond acceptors (Lipinski definition) is 2. The quantitative estimate of drug-likeness (QED) is 0.857. The second kappa shape index (κ2) is 7.67.